The molecule has 1 aromatic heterocycles. The first-order valence-electron chi connectivity index (χ1n) is 20.6. The van der Waals surface area contributed by atoms with Gasteiger partial charge in [-0.15, -0.1) is 0 Å². The lowest BCUT2D eigenvalue weighted by atomic mass is 9.42. The number of rotatable bonds is 3. The third-order valence-corrected chi connectivity index (χ3v) is 12.5. The quantitative estimate of drug-likeness (QED) is 0.168. The Morgan fingerprint density at radius 1 is 0.466 bits per heavy atom. The summed E-state index contributed by atoms with van der Waals surface area (Å²) in [6.07, 6.45) is 0. The fraction of sp³-hybridized carbons (Fsp3) is 0.148. The number of hydrogen-bond acceptors (Lipinski definition) is 3. The molecule has 0 fully saturated rings. The molecule has 8 aromatic carbocycles. The van der Waals surface area contributed by atoms with E-state index >= 15 is 0 Å². The maximum Gasteiger partial charge on any atom is 0.333 e. The molecule has 0 amide bonds. The third-order valence-electron chi connectivity index (χ3n) is 12.5. The summed E-state index contributed by atoms with van der Waals surface area (Å²) in [5.74, 6) is 0. The van der Waals surface area contributed by atoms with Crippen LogP contribution >= 0.6 is 0 Å². The fourth-order valence-corrected chi connectivity index (χ4v) is 9.69. The van der Waals surface area contributed by atoms with E-state index in [4.69, 9.17) is 4.42 Å². The van der Waals surface area contributed by atoms with Gasteiger partial charge in [0.1, 0.15) is 11.2 Å². The van der Waals surface area contributed by atoms with Gasteiger partial charge in [0.05, 0.1) is 5.69 Å². The summed E-state index contributed by atoms with van der Waals surface area (Å²) >= 11 is 0. The van der Waals surface area contributed by atoms with Gasteiger partial charge in [-0.3, -0.25) is 0 Å². The van der Waals surface area contributed by atoms with Gasteiger partial charge in [0.15, 0.2) is 0 Å². The summed E-state index contributed by atoms with van der Waals surface area (Å²) in [4.78, 5) is 5.19. The Morgan fingerprint density at radius 3 is 1.90 bits per heavy atom. The van der Waals surface area contributed by atoms with Crippen LogP contribution in [0, 0.1) is 0 Å². The molecule has 0 saturated carbocycles. The lowest BCUT2D eigenvalue weighted by Crippen LogP contribution is -2.61. The Balaban J connectivity index is 1.33. The van der Waals surface area contributed by atoms with E-state index in [1.165, 1.54) is 72.1 Å². The van der Waals surface area contributed by atoms with Crippen molar-refractivity contribution in [3.63, 3.8) is 0 Å². The van der Waals surface area contributed by atoms with E-state index in [2.05, 4.69) is 215 Å². The molecule has 58 heavy (non-hydrogen) atoms. The van der Waals surface area contributed by atoms with E-state index in [0.717, 1.165) is 33.3 Å². The third kappa shape index (κ3) is 5.14. The minimum absolute atomic E-state index is 0.0323. The number of hydrogen-bond donors (Lipinski definition) is 0. The first-order chi connectivity index (χ1) is 28.1. The highest BCUT2D eigenvalue weighted by Crippen LogP contribution is 2.52. The van der Waals surface area contributed by atoms with E-state index in [9.17, 15) is 0 Å². The zero-order chi connectivity index (χ0) is 39.5. The second kappa shape index (κ2) is 12.5. The fourth-order valence-electron chi connectivity index (χ4n) is 9.69. The second-order valence-electron chi connectivity index (χ2n) is 18.1. The molecule has 0 N–H and O–H groups in total. The molecule has 0 saturated heterocycles. The monoisotopic (exact) mass is 748 g/mol. The molecule has 3 nitrogen and oxygen atoms in total. The zero-order valence-electron chi connectivity index (χ0n) is 34.0. The molecule has 0 unspecified atom stereocenters. The Morgan fingerprint density at radius 2 is 1.12 bits per heavy atom. The van der Waals surface area contributed by atoms with Crippen LogP contribution in [-0.4, -0.2) is 6.85 Å². The Bertz CT molecular complexity index is 3090. The normalized spacial score (nSPS) is 13.6. The average Bonchev–Trinajstić information content (AvgIpc) is 3.62. The first kappa shape index (κ1) is 34.7. The summed E-state index contributed by atoms with van der Waals surface area (Å²) in [6.45, 7) is 13.7. The van der Waals surface area contributed by atoms with E-state index in [0.29, 0.717) is 0 Å². The number of fused-ring (bicyclic) bond motifs is 10. The summed E-state index contributed by atoms with van der Waals surface area (Å²) in [7, 11) is 0. The van der Waals surface area contributed by atoms with Crippen LogP contribution < -0.4 is 20.6 Å². The molecule has 0 aliphatic carbocycles. The van der Waals surface area contributed by atoms with E-state index in [1.54, 1.807) is 0 Å². The van der Waals surface area contributed by atoms with Crippen molar-refractivity contribution in [2.24, 2.45) is 0 Å². The first-order valence-corrected chi connectivity index (χ1v) is 20.6. The summed E-state index contributed by atoms with van der Waals surface area (Å²) in [5.41, 5.74) is 17.8. The van der Waals surface area contributed by atoms with Gasteiger partial charge in [0, 0.05) is 44.6 Å². The number of nitrogens with zero attached hydrogens (tertiary/aromatic N) is 2. The summed E-state index contributed by atoms with van der Waals surface area (Å²) in [6, 6.07) is 60.8. The molecule has 0 spiro atoms. The summed E-state index contributed by atoms with van der Waals surface area (Å²) < 4.78 is 6.73. The predicted octanol–water partition coefficient (Wildman–Crippen LogP) is 13.7. The average molecular weight is 749 g/mol. The van der Waals surface area contributed by atoms with Gasteiger partial charge in [0.2, 0.25) is 0 Å². The van der Waals surface area contributed by atoms with Crippen LogP contribution in [0.4, 0.5) is 28.4 Å². The van der Waals surface area contributed by atoms with Gasteiger partial charge in [-0.1, -0.05) is 151 Å². The summed E-state index contributed by atoms with van der Waals surface area (Å²) in [5, 5.41) is 4.79. The highest BCUT2D eigenvalue weighted by atomic mass is 16.3. The van der Waals surface area contributed by atoms with E-state index in [1.807, 2.05) is 0 Å². The largest absolute Gasteiger partial charge is 0.456 e. The van der Waals surface area contributed by atoms with Gasteiger partial charge in [-0.25, -0.2) is 0 Å². The van der Waals surface area contributed by atoms with Crippen LogP contribution in [0.2, 0.25) is 0 Å². The van der Waals surface area contributed by atoms with Gasteiger partial charge in [-0.05, 0) is 109 Å². The van der Waals surface area contributed by atoms with Crippen molar-refractivity contribution in [3.05, 3.63) is 175 Å². The van der Waals surface area contributed by atoms with Crippen molar-refractivity contribution >= 4 is 78.9 Å². The molecule has 3 heterocycles. The molecule has 9 aromatic rings. The Kier molecular flexibility index (Phi) is 7.48. The Labute approximate surface area is 341 Å². The van der Waals surface area contributed by atoms with Gasteiger partial charge in [0.25, 0.3) is 0 Å². The molecule has 2 aliphatic rings. The lowest BCUT2D eigenvalue weighted by Gasteiger charge is -2.47. The second-order valence-corrected chi connectivity index (χ2v) is 18.1. The van der Waals surface area contributed by atoms with Gasteiger partial charge >= 0.3 is 6.85 Å². The molecule has 0 radical (unpaired) electrons. The number of benzene rings is 8. The SMILES string of the molecule is CC(C)(C)c1ccc(N2B3c4c(cc5ccccc5c4-c4cc(C(C)(C)C)ccc42)N(c2ccccc2-c2ccccc2)c2ccc4oc5ccccc5c4c23)cc1. The van der Waals surface area contributed by atoms with Crippen molar-refractivity contribution in [2.45, 2.75) is 52.4 Å². The number of para-hydroxylation sites is 2. The van der Waals surface area contributed by atoms with Crippen molar-refractivity contribution in [1.29, 1.82) is 0 Å². The van der Waals surface area contributed by atoms with E-state index in [-0.39, 0.29) is 17.7 Å². The van der Waals surface area contributed by atoms with Gasteiger partial charge in [-0.2, -0.15) is 0 Å². The highest BCUT2D eigenvalue weighted by Gasteiger charge is 2.47. The molecule has 2 aliphatic heterocycles. The number of anilines is 5. The molecular formula is C54H45BN2O. The van der Waals surface area contributed by atoms with Crippen LogP contribution in [0.1, 0.15) is 52.7 Å². The van der Waals surface area contributed by atoms with Crippen molar-refractivity contribution < 1.29 is 4.42 Å². The molecule has 11 rings (SSSR count). The van der Waals surface area contributed by atoms with Crippen LogP contribution in [0.5, 0.6) is 0 Å². The van der Waals surface area contributed by atoms with Crippen molar-refractivity contribution in [1.82, 2.24) is 0 Å². The molecule has 280 valence electrons. The lowest BCUT2D eigenvalue weighted by molar-refractivity contribution is 0.590. The van der Waals surface area contributed by atoms with Gasteiger partial charge < -0.3 is 14.1 Å². The maximum atomic E-state index is 6.73. The number of furan rings is 1. The molecule has 0 atom stereocenters. The molecular weight excluding hydrogens is 703 g/mol. The van der Waals surface area contributed by atoms with Crippen LogP contribution in [0.3, 0.4) is 0 Å². The van der Waals surface area contributed by atoms with Crippen LogP contribution in [-0.2, 0) is 10.8 Å². The minimum atomic E-state index is -0.164. The Hall–Kier alpha value is -6.52. The molecule has 0 bridgehead atoms. The zero-order valence-corrected chi connectivity index (χ0v) is 34.0. The molecule has 4 heteroatoms. The standard InChI is InChI=1S/C54H45BN2O/c1-53(2,3)36-24-27-38(28-25-36)57-44-29-26-37(54(4,5)6)33-42(44)49-40-20-11-10-18-35(40)32-46-52(49)55(57)51-45(30-31-48-50(51)41-21-13-15-23-47(41)58-48)56(46)43-22-14-12-19-39(43)34-16-8-7-9-17-34/h7-33H,1-6H3. The van der Waals surface area contributed by atoms with E-state index < -0.39 is 0 Å². The van der Waals surface area contributed by atoms with Crippen molar-refractivity contribution in [2.75, 3.05) is 9.71 Å². The van der Waals surface area contributed by atoms with Crippen LogP contribution in [0.15, 0.2) is 168 Å². The smallest absolute Gasteiger partial charge is 0.333 e. The van der Waals surface area contributed by atoms with Crippen LogP contribution in [0.25, 0.3) is 55.0 Å². The van der Waals surface area contributed by atoms with Crippen molar-refractivity contribution in [3.8, 4) is 22.3 Å². The minimum Gasteiger partial charge on any atom is -0.456 e. The maximum absolute atomic E-state index is 6.73. The topological polar surface area (TPSA) is 19.6 Å². The highest BCUT2D eigenvalue weighted by molar-refractivity contribution is 6.95. The predicted molar refractivity (Wildman–Crippen MR) is 248 cm³/mol.